The summed E-state index contributed by atoms with van der Waals surface area (Å²) in [6.45, 7) is 4.81. The molecule has 1 aromatic carbocycles. The third-order valence-corrected chi connectivity index (χ3v) is 3.75. The molecule has 0 spiro atoms. The molecular weight excluding hydrogens is 215 g/mol. The smallest absolute Gasteiger partial charge is 0.128 e. The maximum absolute atomic E-state index is 13.8. The van der Waals surface area contributed by atoms with Crippen LogP contribution in [0.5, 0.6) is 0 Å². The second kappa shape index (κ2) is 5.61. The normalized spacial score (nSPS) is 20.4. The minimum absolute atomic E-state index is 0.0312. The average molecular weight is 236 g/mol. The summed E-state index contributed by atoms with van der Waals surface area (Å²) in [5.74, 6) is 0.645. The van der Waals surface area contributed by atoms with Crippen molar-refractivity contribution in [3.63, 3.8) is 0 Å². The van der Waals surface area contributed by atoms with Gasteiger partial charge in [-0.15, -0.1) is 0 Å². The van der Waals surface area contributed by atoms with Crippen molar-refractivity contribution in [1.29, 1.82) is 0 Å². The first-order valence-corrected chi connectivity index (χ1v) is 6.41. The van der Waals surface area contributed by atoms with Crippen LogP contribution in [0.15, 0.2) is 24.3 Å². The van der Waals surface area contributed by atoms with Crippen LogP contribution in [0.1, 0.15) is 31.4 Å². The minimum atomic E-state index is -0.137. The Bertz CT molecular complexity index is 359. The summed E-state index contributed by atoms with van der Waals surface area (Å²) in [5.41, 5.74) is 6.57. The van der Waals surface area contributed by atoms with Gasteiger partial charge in [-0.05, 0) is 37.9 Å². The van der Waals surface area contributed by atoms with E-state index in [1.54, 1.807) is 6.07 Å². The lowest BCUT2D eigenvalue weighted by Crippen LogP contribution is -2.39. The Morgan fingerprint density at radius 3 is 2.59 bits per heavy atom. The maximum Gasteiger partial charge on any atom is 0.128 e. The standard InChI is InChI=1S/C14H21FN2/c1-11-6-8-17(9-7-11)14(10-16)12-4-2-3-5-13(12)15/h2-5,11,14H,6-10,16H2,1H3/t14-/m0/s1. The predicted molar refractivity (Wildman–Crippen MR) is 68.2 cm³/mol. The zero-order valence-electron chi connectivity index (χ0n) is 10.4. The predicted octanol–water partition coefficient (Wildman–Crippen LogP) is 2.56. The number of rotatable bonds is 3. The van der Waals surface area contributed by atoms with Gasteiger partial charge in [0.15, 0.2) is 0 Å². The first-order chi connectivity index (χ1) is 8.22. The number of hydrogen-bond acceptors (Lipinski definition) is 2. The monoisotopic (exact) mass is 236 g/mol. The highest BCUT2D eigenvalue weighted by Gasteiger charge is 2.25. The molecule has 2 N–H and O–H groups in total. The van der Waals surface area contributed by atoms with Gasteiger partial charge in [0.25, 0.3) is 0 Å². The summed E-state index contributed by atoms with van der Waals surface area (Å²) < 4.78 is 13.8. The quantitative estimate of drug-likeness (QED) is 0.874. The molecule has 1 saturated heterocycles. The molecule has 1 aliphatic rings. The van der Waals surface area contributed by atoms with Gasteiger partial charge in [-0.2, -0.15) is 0 Å². The SMILES string of the molecule is CC1CCN([C@@H](CN)c2ccccc2F)CC1. The molecule has 1 heterocycles. The summed E-state index contributed by atoms with van der Waals surface area (Å²) >= 11 is 0. The Kier molecular flexibility index (Phi) is 4.13. The molecule has 0 bridgehead atoms. The van der Waals surface area contributed by atoms with E-state index in [9.17, 15) is 4.39 Å². The van der Waals surface area contributed by atoms with Crippen LogP contribution in [0.3, 0.4) is 0 Å². The summed E-state index contributed by atoms with van der Waals surface area (Å²) in [6, 6.07) is 7.01. The molecule has 1 aromatic rings. The number of piperidine rings is 1. The average Bonchev–Trinajstić information content (AvgIpc) is 2.35. The highest BCUT2D eigenvalue weighted by Crippen LogP contribution is 2.27. The van der Waals surface area contributed by atoms with Crippen molar-refractivity contribution >= 4 is 0 Å². The number of likely N-dealkylation sites (tertiary alicyclic amines) is 1. The zero-order valence-corrected chi connectivity index (χ0v) is 10.4. The Labute approximate surface area is 103 Å². The first-order valence-electron chi connectivity index (χ1n) is 6.41. The van der Waals surface area contributed by atoms with Crippen LogP contribution in [0.4, 0.5) is 4.39 Å². The van der Waals surface area contributed by atoms with Crippen molar-refractivity contribution in [3.05, 3.63) is 35.6 Å². The van der Waals surface area contributed by atoms with E-state index in [4.69, 9.17) is 5.73 Å². The van der Waals surface area contributed by atoms with Crippen LogP contribution in [0.2, 0.25) is 0 Å². The lowest BCUT2D eigenvalue weighted by molar-refractivity contribution is 0.139. The van der Waals surface area contributed by atoms with E-state index in [0.717, 1.165) is 24.6 Å². The topological polar surface area (TPSA) is 29.3 Å². The molecule has 1 atom stereocenters. The molecule has 0 aliphatic carbocycles. The molecule has 0 unspecified atom stereocenters. The van der Waals surface area contributed by atoms with E-state index in [1.165, 1.54) is 18.9 Å². The van der Waals surface area contributed by atoms with Crippen LogP contribution >= 0.6 is 0 Å². The van der Waals surface area contributed by atoms with Gasteiger partial charge < -0.3 is 5.73 Å². The Balaban J connectivity index is 2.14. The van der Waals surface area contributed by atoms with Crippen LogP contribution in [0, 0.1) is 11.7 Å². The third-order valence-electron chi connectivity index (χ3n) is 3.75. The Hall–Kier alpha value is -0.930. The number of benzene rings is 1. The Morgan fingerprint density at radius 1 is 1.35 bits per heavy atom. The third kappa shape index (κ3) is 2.85. The van der Waals surface area contributed by atoms with Gasteiger partial charge in [-0.25, -0.2) is 4.39 Å². The number of nitrogens with two attached hydrogens (primary N) is 1. The highest BCUT2D eigenvalue weighted by molar-refractivity contribution is 5.21. The van der Waals surface area contributed by atoms with Gasteiger partial charge in [0.05, 0.1) is 0 Å². The molecule has 1 fully saturated rings. The van der Waals surface area contributed by atoms with Crippen LogP contribution in [0.25, 0.3) is 0 Å². The van der Waals surface area contributed by atoms with E-state index in [-0.39, 0.29) is 11.9 Å². The van der Waals surface area contributed by atoms with Crippen molar-refractivity contribution in [3.8, 4) is 0 Å². The van der Waals surface area contributed by atoms with Gasteiger partial charge >= 0.3 is 0 Å². The van der Waals surface area contributed by atoms with Gasteiger partial charge in [-0.3, -0.25) is 4.90 Å². The fraction of sp³-hybridized carbons (Fsp3) is 0.571. The van der Waals surface area contributed by atoms with E-state index in [1.807, 2.05) is 12.1 Å². The van der Waals surface area contributed by atoms with Crippen molar-refractivity contribution in [2.24, 2.45) is 11.7 Å². The van der Waals surface area contributed by atoms with Gasteiger partial charge in [0, 0.05) is 18.2 Å². The van der Waals surface area contributed by atoms with Crippen LogP contribution in [-0.4, -0.2) is 24.5 Å². The summed E-state index contributed by atoms with van der Waals surface area (Å²) in [5, 5.41) is 0. The summed E-state index contributed by atoms with van der Waals surface area (Å²) in [4.78, 5) is 2.32. The molecule has 17 heavy (non-hydrogen) atoms. The lowest BCUT2D eigenvalue weighted by atomic mass is 9.95. The highest BCUT2D eigenvalue weighted by atomic mass is 19.1. The van der Waals surface area contributed by atoms with E-state index in [0.29, 0.717) is 6.54 Å². The molecule has 0 saturated carbocycles. The van der Waals surface area contributed by atoms with Crippen LogP contribution in [-0.2, 0) is 0 Å². The molecule has 3 heteroatoms. The zero-order chi connectivity index (χ0) is 12.3. The first kappa shape index (κ1) is 12.5. The van der Waals surface area contributed by atoms with Crippen molar-refractivity contribution in [2.75, 3.05) is 19.6 Å². The molecular formula is C14H21FN2. The summed E-state index contributed by atoms with van der Waals surface area (Å²) in [6.07, 6.45) is 2.37. The molecule has 0 amide bonds. The largest absolute Gasteiger partial charge is 0.329 e. The van der Waals surface area contributed by atoms with Crippen molar-refractivity contribution in [1.82, 2.24) is 4.90 Å². The molecule has 94 valence electrons. The number of nitrogens with zero attached hydrogens (tertiary/aromatic N) is 1. The maximum atomic E-state index is 13.8. The molecule has 0 aromatic heterocycles. The fourth-order valence-corrected chi connectivity index (χ4v) is 2.56. The Morgan fingerprint density at radius 2 is 2.00 bits per heavy atom. The van der Waals surface area contributed by atoms with Gasteiger partial charge in [0.1, 0.15) is 5.82 Å². The van der Waals surface area contributed by atoms with E-state index >= 15 is 0 Å². The molecule has 2 rings (SSSR count). The van der Waals surface area contributed by atoms with Crippen molar-refractivity contribution < 1.29 is 4.39 Å². The van der Waals surface area contributed by atoms with Gasteiger partial charge in [-0.1, -0.05) is 25.1 Å². The fourth-order valence-electron chi connectivity index (χ4n) is 2.56. The minimum Gasteiger partial charge on any atom is -0.329 e. The lowest BCUT2D eigenvalue weighted by Gasteiger charge is -2.36. The van der Waals surface area contributed by atoms with E-state index < -0.39 is 0 Å². The second-order valence-electron chi connectivity index (χ2n) is 4.99. The molecule has 2 nitrogen and oxygen atoms in total. The second-order valence-corrected chi connectivity index (χ2v) is 4.99. The van der Waals surface area contributed by atoms with Crippen molar-refractivity contribution in [2.45, 2.75) is 25.8 Å². The molecule has 1 aliphatic heterocycles. The van der Waals surface area contributed by atoms with Crippen LogP contribution < -0.4 is 5.73 Å². The number of halogens is 1. The summed E-state index contributed by atoms with van der Waals surface area (Å²) in [7, 11) is 0. The number of hydrogen-bond donors (Lipinski definition) is 1. The molecule has 0 radical (unpaired) electrons. The van der Waals surface area contributed by atoms with E-state index in [2.05, 4.69) is 11.8 Å². The van der Waals surface area contributed by atoms with Gasteiger partial charge in [0.2, 0.25) is 0 Å².